The number of ether oxygens (including phenoxy) is 1. The summed E-state index contributed by atoms with van der Waals surface area (Å²) in [7, 11) is 1.73. The van der Waals surface area contributed by atoms with Crippen LogP contribution in [0, 0.1) is 0 Å². The monoisotopic (exact) mass is 277 g/mol. The average molecular weight is 277 g/mol. The van der Waals surface area contributed by atoms with E-state index in [1.165, 1.54) is 24.0 Å². The van der Waals surface area contributed by atoms with Crippen molar-refractivity contribution in [3.05, 3.63) is 42.0 Å². The maximum Gasteiger partial charge on any atom is 0.119 e. The van der Waals surface area contributed by atoms with Crippen molar-refractivity contribution < 1.29 is 4.74 Å². The third-order valence-corrected chi connectivity index (χ3v) is 4.52. The van der Waals surface area contributed by atoms with Gasteiger partial charge in [0.05, 0.1) is 7.11 Å². The van der Waals surface area contributed by atoms with E-state index < -0.39 is 0 Å². The summed E-state index contributed by atoms with van der Waals surface area (Å²) in [4.78, 5) is 0. The van der Waals surface area contributed by atoms with Crippen LogP contribution in [0.2, 0.25) is 0 Å². The van der Waals surface area contributed by atoms with E-state index in [1.807, 2.05) is 17.8 Å². The number of hydrogen-bond donors (Lipinski definition) is 1. The van der Waals surface area contributed by atoms with Gasteiger partial charge >= 0.3 is 0 Å². The third-order valence-electron chi connectivity index (χ3n) is 3.56. The number of thioether (sulfide) groups is 1. The minimum atomic E-state index is 0.615. The number of benzene rings is 1. The van der Waals surface area contributed by atoms with E-state index in [-0.39, 0.29) is 0 Å². The van der Waals surface area contributed by atoms with E-state index in [0.29, 0.717) is 6.04 Å². The molecule has 0 amide bonds. The molecule has 0 aliphatic heterocycles. The lowest BCUT2D eigenvalue weighted by Crippen LogP contribution is -2.35. The van der Waals surface area contributed by atoms with Crippen molar-refractivity contribution in [3.8, 4) is 5.75 Å². The normalized spacial score (nSPS) is 17.8. The molecule has 0 saturated heterocycles. The summed E-state index contributed by atoms with van der Waals surface area (Å²) in [6.07, 6.45) is 5.51. The molecule has 3 heteroatoms. The lowest BCUT2D eigenvalue weighted by atomic mass is 9.88. The van der Waals surface area contributed by atoms with Crippen LogP contribution in [-0.4, -0.2) is 31.2 Å². The molecule has 0 heterocycles. The molecule has 0 bridgehead atoms. The van der Waals surface area contributed by atoms with Gasteiger partial charge in [-0.25, -0.2) is 0 Å². The van der Waals surface area contributed by atoms with Gasteiger partial charge in [-0.1, -0.05) is 12.1 Å². The quantitative estimate of drug-likeness (QED) is 0.611. The number of rotatable bonds is 7. The predicted molar refractivity (Wildman–Crippen MR) is 84.3 cm³/mol. The molecule has 1 atom stereocenters. The van der Waals surface area contributed by atoms with Crippen LogP contribution in [0.4, 0.5) is 0 Å². The van der Waals surface area contributed by atoms with Crippen LogP contribution >= 0.6 is 11.8 Å². The first kappa shape index (κ1) is 14.5. The van der Waals surface area contributed by atoms with Crippen molar-refractivity contribution in [2.24, 2.45) is 0 Å². The van der Waals surface area contributed by atoms with E-state index in [1.54, 1.807) is 7.11 Å². The molecule has 1 N–H and O–H groups in total. The highest BCUT2D eigenvalue weighted by Crippen LogP contribution is 2.25. The molecule has 2 rings (SSSR count). The van der Waals surface area contributed by atoms with E-state index in [0.717, 1.165) is 30.2 Å². The van der Waals surface area contributed by atoms with Crippen LogP contribution in [-0.2, 0) is 12.8 Å². The lowest BCUT2D eigenvalue weighted by Gasteiger charge is -2.26. The van der Waals surface area contributed by atoms with Crippen LogP contribution in [0.25, 0.3) is 0 Å². The average Bonchev–Trinajstić information content (AvgIpc) is 2.46. The molecular formula is C16H23NOS. The Morgan fingerprint density at radius 2 is 2.37 bits per heavy atom. The van der Waals surface area contributed by atoms with E-state index in [2.05, 4.69) is 30.1 Å². The molecule has 104 valence electrons. The molecule has 2 nitrogen and oxygen atoms in total. The molecule has 1 aromatic rings. The van der Waals surface area contributed by atoms with Gasteiger partial charge in [-0.2, -0.15) is 11.8 Å². The lowest BCUT2D eigenvalue weighted by molar-refractivity contribution is 0.411. The Labute approximate surface area is 120 Å². The van der Waals surface area contributed by atoms with Crippen LogP contribution in [0.1, 0.15) is 17.5 Å². The second-order valence-electron chi connectivity index (χ2n) is 4.89. The van der Waals surface area contributed by atoms with Crippen LogP contribution in [0.15, 0.2) is 30.9 Å². The van der Waals surface area contributed by atoms with Gasteiger partial charge in [-0.3, -0.25) is 0 Å². The van der Waals surface area contributed by atoms with Crippen LogP contribution in [0.3, 0.4) is 0 Å². The molecule has 1 aromatic carbocycles. The molecular weight excluding hydrogens is 254 g/mol. The number of aryl methyl sites for hydroxylation is 1. The van der Waals surface area contributed by atoms with Gasteiger partial charge < -0.3 is 10.1 Å². The Morgan fingerprint density at radius 1 is 1.47 bits per heavy atom. The standard InChI is InChI=1S/C16H23NOS/c1-3-9-19-10-8-17-15-6-4-13-5-7-16(18-2)12-14(13)11-15/h3,5,7,12,15,17H,1,4,6,8-11H2,2H3. The minimum Gasteiger partial charge on any atom is -0.497 e. The van der Waals surface area contributed by atoms with Crippen molar-refractivity contribution >= 4 is 11.8 Å². The fourth-order valence-electron chi connectivity index (χ4n) is 2.54. The first-order valence-corrected chi connectivity index (χ1v) is 8.06. The highest BCUT2D eigenvalue weighted by Gasteiger charge is 2.18. The zero-order chi connectivity index (χ0) is 13.5. The molecule has 0 spiro atoms. The maximum absolute atomic E-state index is 5.31. The Hall–Kier alpha value is -0.930. The molecule has 0 saturated carbocycles. The van der Waals surface area contributed by atoms with Gasteiger partial charge in [0.25, 0.3) is 0 Å². The summed E-state index contributed by atoms with van der Waals surface area (Å²) in [5, 5.41) is 3.66. The Morgan fingerprint density at radius 3 is 3.16 bits per heavy atom. The second-order valence-corrected chi connectivity index (χ2v) is 6.04. The zero-order valence-electron chi connectivity index (χ0n) is 11.7. The van der Waals surface area contributed by atoms with E-state index >= 15 is 0 Å². The highest BCUT2D eigenvalue weighted by atomic mass is 32.2. The summed E-state index contributed by atoms with van der Waals surface area (Å²) in [6.45, 7) is 4.82. The van der Waals surface area contributed by atoms with Crippen molar-refractivity contribution in [2.45, 2.75) is 25.3 Å². The number of hydrogen-bond acceptors (Lipinski definition) is 3. The van der Waals surface area contributed by atoms with Crippen molar-refractivity contribution in [1.82, 2.24) is 5.32 Å². The number of methoxy groups -OCH3 is 1. The van der Waals surface area contributed by atoms with E-state index in [4.69, 9.17) is 4.74 Å². The summed E-state index contributed by atoms with van der Waals surface area (Å²) < 4.78 is 5.31. The Bertz CT molecular complexity index is 419. The summed E-state index contributed by atoms with van der Waals surface area (Å²) >= 11 is 1.93. The van der Waals surface area contributed by atoms with Gasteiger partial charge in [0, 0.05) is 24.1 Å². The first-order chi connectivity index (χ1) is 9.33. The van der Waals surface area contributed by atoms with Crippen molar-refractivity contribution in [1.29, 1.82) is 0 Å². The van der Waals surface area contributed by atoms with Crippen LogP contribution < -0.4 is 10.1 Å². The smallest absolute Gasteiger partial charge is 0.119 e. The zero-order valence-corrected chi connectivity index (χ0v) is 12.5. The number of fused-ring (bicyclic) bond motifs is 1. The summed E-state index contributed by atoms with van der Waals surface area (Å²) in [5.74, 6) is 3.18. The highest BCUT2D eigenvalue weighted by molar-refractivity contribution is 7.99. The van der Waals surface area contributed by atoms with Gasteiger partial charge in [0.2, 0.25) is 0 Å². The van der Waals surface area contributed by atoms with Gasteiger partial charge in [0.1, 0.15) is 5.75 Å². The topological polar surface area (TPSA) is 21.3 Å². The minimum absolute atomic E-state index is 0.615. The molecule has 0 radical (unpaired) electrons. The van der Waals surface area contributed by atoms with Crippen molar-refractivity contribution in [3.63, 3.8) is 0 Å². The van der Waals surface area contributed by atoms with Crippen LogP contribution in [0.5, 0.6) is 5.75 Å². The maximum atomic E-state index is 5.31. The molecule has 1 unspecified atom stereocenters. The summed E-state index contributed by atoms with van der Waals surface area (Å²) in [5.41, 5.74) is 2.93. The molecule has 1 aliphatic rings. The Kier molecular flexibility index (Phi) is 5.80. The first-order valence-electron chi connectivity index (χ1n) is 6.91. The third kappa shape index (κ3) is 4.29. The van der Waals surface area contributed by atoms with Crippen molar-refractivity contribution in [2.75, 3.05) is 25.2 Å². The van der Waals surface area contributed by atoms with Gasteiger partial charge in [0.15, 0.2) is 0 Å². The largest absolute Gasteiger partial charge is 0.497 e. The fraction of sp³-hybridized carbons (Fsp3) is 0.500. The number of nitrogens with one attached hydrogen (secondary N) is 1. The molecule has 0 aromatic heterocycles. The van der Waals surface area contributed by atoms with Gasteiger partial charge in [-0.05, 0) is 42.5 Å². The Balaban J connectivity index is 1.81. The molecule has 0 fully saturated rings. The SMILES string of the molecule is C=CCSCCNC1CCc2ccc(OC)cc2C1. The van der Waals surface area contributed by atoms with Gasteiger partial charge in [-0.15, -0.1) is 6.58 Å². The fourth-order valence-corrected chi connectivity index (χ4v) is 3.13. The molecule has 19 heavy (non-hydrogen) atoms. The van der Waals surface area contributed by atoms with E-state index in [9.17, 15) is 0 Å². The summed E-state index contributed by atoms with van der Waals surface area (Å²) in [6, 6.07) is 7.09. The predicted octanol–water partition coefficient (Wildman–Crippen LogP) is 3.06. The molecule has 1 aliphatic carbocycles. The second kappa shape index (κ2) is 7.61.